The number of pyridine rings is 2. The maximum absolute atomic E-state index is 13.6. The zero-order chi connectivity index (χ0) is 25.1. The van der Waals surface area contributed by atoms with Crippen LogP contribution in [0.2, 0.25) is 5.02 Å². The molecule has 1 aromatic carbocycles. The number of nitrogens with one attached hydrogen (secondary N) is 1. The van der Waals surface area contributed by atoms with E-state index < -0.39 is 5.56 Å². The Kier molecular flexibility index (Phi) is 6.88. The first-order valence-electron chi connectivity index (χ1n) is 10.7. The zero-order valence-corrected chi connectivity index (χ0v) is 20.0. The van der Waals surface area contributed by atoms with Crippen molar-refractivity contribution >= 4 is 34.8 Å². The molecule has 4 rings (SSSR count). The highest BCUT2D eigenvalue weighted by molar-refractivity contribution is 6.31. The first-order valence-corrected chi connectivity index (χ1v) is 11.1. The summed E-state index contributed by atoms with van der Waals surface area (Å²) in [5.41, 5.74) is 1.86. The van der Waals surface area contributed by atoms with Crippen molar-refractivity contribution in [1.82, 2.24) is 24.8 Å². The number of rotatable bonds is 7. The summed E-state index contributed by atoms with van der Waals surface area (Å²) in [5.74, 6) is 0.374. The van der Waals surface area contributed by atoms with Crippen molar-refractivity contribution in [2.24, 2.45) is 0 Å². The number of hydrogen-bond donors (Lipinski definition) is 1. The topological polar surface area (TPSA) is 116 Å². The van der Waals surface area contributed by atoms with E-state index in [0.29, 0.717) is 39.3 Å². The van der Waals surface area contributed by atoms with Gasteiger partial charge in [-0.25, -0.2) is 9.97 Å². The van der Waals surface area contributed by atoms with Gasteiger partial charge in [-0.05, 0) is 49.7 Å². The number of hydrogen-bond acceptors (Lipinski definition) is 7. The van der Waals surface area contributed by atoms with Crippen molar-refractivity contribution in [2.75, 3.05) is 7.11 Å². The molecule has 3 aromatic heterocycles. The Bertz CT molecular complexity index is 1500. The van der Waals surface area contributed by atoms with Crippen LogP contribution in [-0.4, -0.2) is 44.9 Å². The molecular formula is C25H22ClN5O4. The van der Waals surface area contributed by atoms with Crippen LogP contribution in [0, 0.1) is 0 Å². The van der Waals surface area contributed by atoms with Crippen LogP contribution < -0.4 is 15.6 Å². The normalized spacial score (nSPS) is 11.0. The summed E-state index contributed by atoms with van der Waals surface area (Å²) < 4.78 is 6.54. The number of methoxy groups -OCH3 is 1. The highest BCUT2D eigenvalue weighted by Gasteiger charge is 2.18. The Morgan fingerprint density at radius 3 is 2.63 bits per heavy atom. The van der Waals surface area contributed by atoms with Crippen molar-refractivity contribution in [2.45, 2.75) is 26.4 Å². The molecule has 1 N–H and O–H groups in total. The predicted octanol–water partition coefficient (Wildman–Crippen LogP) is 3.52. The Labute approximate surface area is 205 Å². The van der Waals surface area contributed by atoms with Gasteiger partial charge < -0.3 is 10.1 Å². The highest BCUT2D eigenvalue weighted by atomic mass is 35.5. The molecule has 35 heavy (non-hydrogen) atoms. The smallest absolute Gasteiger partial charge is 0.263 e. The molecule has 0 unspecified atom stereocenters. The van der Waals surface area contributed by atoms with Crippen LogP contribution in [0.25, 0.3) is 33.5 Å². The molecule has 0 radical (unpaired) electrons. The van der Waals surface area contributed by atoms with Crippen LogP contribution in [0.5, 0.6) is 5.75 Å². The molecule has 1 amide bonds. The van der Waals surface area contributed by atoms with Crippen molar-refractivity contribution in [3.8, 4) is 28.3 Å². The molecule has 0 aliphatic carbocycles. The fraction of sp³-hybridized carbons (Fsp3) is 0.200. The molecule has 0 saturated carbocycles. The van der Waals surface area contributed by atoms with Crippen LogP contribution in [0.3, 0.4) is 0 Å². The molecule has 0 spiro atoms. The number of carbonyl (C=O) groups is 2. The lowest BCUT2D eigenvalue weighted by Crippen LogP contribution is -2.37. The summed E-state index contributed by atoms with van der Waals surface area (Å²) in [4.78, 5) is 50.6. The molecule has 0 saturated heterocycles. The largest absolute Gasteiger partial charge is 0.495 e. The van der Waals surface area contributed by atoms with E-state index in [4.69, 9.17) is 16.3 Å². The highest BCUT2D eigenvalue weighted by Crippen LogP contribution is 2.27. The second kappa shape index (κ2) is 10.0. The van der Waals surface area contributed by atoms with Crippen LogP contribution in [0.4, 0.5) is 0 Å². The van der Waals surface area contributed by atoms with Crippen molar-refractivity contribution in [3.05, 3.63) is 69.9 Å². The monoisotopic (exact) mass is 491 g/mol. The molecule has 0 aliphatic heterocycles. The summed E-state index contributed by atoms with van der Waals surface area (Å²) in [6.45, 7) is 3.42. The van der Waals surface area contributed by atoms with Crippen LogP contribution >= 0.6 is 11.6 Å². The van der Waals surface area contributed by atoms with Crippen molar-refractivity contribution in [1.29, 1.82) is 0 Å². The molecule has 4 aromatic rings. The minimum absolute atomic E-state index is 0.100. The van der Waals surface area contributed by atoms with Gasteiger partial charge in [0.1, 0.15) is 24.4 Å². The van der Waals surface area contributed by atoms with E-state index in [0.717, 1.165) is 0 Å². The minimum Gasteiger partial charge on any atom is -0.495 e. The number of benzene rings is 1. The molecule has 0 atom stereocenters. The average molecular weight is 492 g/mol. The summed E-state index contributed by atoms with van der Waals surface area (Å²) in [5, 5.41) is 3.39. The van der Waals surface area contributed by atoms with Crippen LogP contribution in [-0.2, 0) is 11.3 Å². The van der Waals surface area contributed by atoms with Crippen molar-refractivity contribution < 1.29 is 14.3 Å². The summed E-state index contributed by atoms with van der Waals surface area (Å²) >= 11 is 6.15. The van der Waals surface area contributed by atoms with E-state index >= 15 is 0 Å². The van der Waals surface area contributed by atoms with Crippen molar-refractivity contribution in [3.63, 3.8) is 0 Å². The molecule has 9 nitrogen and oxygen atoms in total. The molecule has 10 heteroatoms. The first-order chi connectivity index (χ1) is 16.8. The quantitative estimate of drug-likeness (QED) is 0.393. The number of aromatic nitrogens is 4. The van der Waals surface area contributed by atoms with Gasteiger partial charge in [0.2, 0.25) is 5.91 Å². The second-order valence-corrected chi connectivity index (χ2v) is 8.59. The molecule has 3 heterocycles. The fourth-order valence-corrected chi connectivity index (χ4v) is 3.89. The van der Waals surface area contributed by atoms with E-state index in [1.54, 1.807) is 36.5 Å². The number of carbonyl (C=O) groups excluding carboxylic acids is 2. The lowest BCUT2D eigenvalue weighted by Gasteiger charge is -2.15. The summed E-state index contributed by atoms with van der Waals surface area (Å²) in [7, 11) is 1.51. The van der Waals surface area contributed by atoms with Gasteiger partial charge in [-0.1, -0.05) is 11.6 Å². The number of ether oxygens (including phenoxy) is 1. The Balaban J connectivity index is 1.92. The van der Waals surface area contributed by atoms with Crippen LogP contribution in [0.1, 0.15) is 24.2 Å². The molecular weight excluding hydrogens is 470 g/mol. The van der Waals surface area contributed by atoms with Gasteiger partial charge in [0.05, 0.1) is 18.7 Å². The molecule has 0 aliphatic rings. The number of amides is 1. The van der Waals surface area contributed by atoms with Gasteiger partial charge in [0, 0.05) is 40.1 Å². The third kappa shape index (κ3) is 5.20. The SMILES string of the molecule is COc1cncc(-c2nc3ncc(-c4cc(Cl)cc(C=O)c4)cc3c(=O)n2CC(=O)NC(C)C)c1. The number of fused-ring (bicyclic) bond motifs is 1. The maximum atomic E-state index is 13.6. The number of aldehydes is 1. The third-order valence-electron chi connectivity index (χ3n) is 5.16. The van der Waals surface area contributed by atoms with E-state index in [1.807, 2.05) is 13.8 Å². The Hall–Kier alpha value is -4.11. The Morgan fingerprint density at radius 2 is 1.91 bits per heavy atom. The van der Waals surface area contributed by atoms with Gasteiger partial charge >= 0.3 is 0 Å². The predicted molar refractivity (Wildman–Crippen MR) is 133 cm³/mol. The van der Waals surface area contributed by atoms with Gasteiger partial charge in [-0.2, -0.15) is 0 Å². The minimum atomic E-state index is -0.446. The van der Waals surface area contributed by atoms with E-state index in [-0.39, 0.29) is 35.4 Å². The summed E-state index contributed by atoms with van der Waals surface area (Å²) in [6.07, 6.45) is 5.31. The molecule has 178 valence electrons. The lowest BCUT2D eigenvalue weighted by molar-refractivity contribution is -0.122. The van der Waals surface area contributed by atoms with E-state index in [1.165, 1.54) is 24.1 Å². The first kappa shape index (κ1) is 24.0. The number of nitrogens with zero attached hydrogens (tertiary/aromatic N) is 4. The van der Waals surface area contributed by atoms with Gasteiger partial charge in [0.25, 0.3) is 5.56 Å². The molecule has 0 fully saturated rings. The van der Waals surface area contributed by atoms with E-state index in [9.17, 15) is 14.4 Å². The maximum Gasteiger partial charge on any atom is 0.263 e. The van der Waals surface area contributed by atoms with Gasteiger partial charge in [-0.15, -0.1) is 0 Å². The Morgan fingerprint density at radius 1 is 1.11 bits per heavy atom. The standard InChI is InChI=1S/C25H22ClN5O4/c1-14(2)29-22(33)12-31-24(18-7-20(35-3)11-27-9-18)30-23-21(25(31)34)8-17(10-28-23)16-4-15(13-32)5-19(26)6-16/h4-11,13-14H,12H2,1-3H3,(H,29,33). The van der Waals surface area contributed by atoms with E-state index in [2.05, 4.69) is 20.3 Å². The zero-order valence-electron chi connectivity index (χ0n) is 19.3. The molecule has 0 bridgehead atoms. The second-order valence-electron chi connectivity index (χ2n) is 8.15. The van der Waals surface area contributed by atoms with Gasteiger partial charge in [0.15, 0.2) is 5.65 Å². The lowest BCUT2D eigenvalue weighted by atomic mass is 10.0. The fourth-order valence-electron chi connectivity index (χ4n) is 3.64. The van der Waals surface area contributed by atoms with Gasteiger partial charge in [-0.3, -0.25) is 23.9 Å². The summed E-state index contributed by atoms with van der Waals surface area (Å²) in [6, 6.07) is 8.08. The van der Waals surface area contributed by atoms with Crippen LogP contribution in [0.15, 0.2) is 53.7 Å². The third-order valence-corrected chi connectivity index (χ3v) is 5.38. The average Bonchev–Trinajstić information content (AvgIpc) is 2.84. The number of halogens is 1.